The van der Waals surface area contributed by atoms with Crippen molar-refractivity contribution in [2.75, 3.05) is 19.7 Å². The van der Waals surface area contributed by atoms with Crippen LogP contribution in [-0.4, -0.2) is 25.8 Å². The first kappa shape index (κ1) is 13.2. The maximum Gasteiger partial charge on any atom is 0.0599 e. The summed E-state index contributed by atoms with van der Waals surface area (Å²) in [6.07, 6.45) is 6.78. The van der Waals surface area contributed by atoms with Crippen molar-refractivity contribution in [3.63, 3.8) is 0 Å². The highest BCUT2D eigenvalue weighted by atomic mass is 35.5. The SMILES string of the molecule is CCCCCOC1CCNCC1.Cl. The summed E-state index contributed by atoms with van der Waals surface area (Å²) < 4.78 is 5.74. The van der Waals surface area contributed by atoms with Crippen molar-refractivity contribution >= 4 is 12.4 Å². The van der Waals surface area contributed by atoms with E-state index in [2.05, 4.69) is 12.2 Å². The fourth-order valence-corrected chi connectivity index (χ4v) is 1.56. The molecule has 0 atom stereocenters. The molecule has 0 amide bonds. The topological polar surface area (TPSA) is 21.3 Å². The lowest BCUT2D eigenvalue weighted by atomic mass is 10.1. The van der Waals surface area contributed by atoms with Crippen LogP contribution in [0.3, 0.4) is 0 Å². The molecule has 0 aromatic heterocycles. The van der Waals surface area contributed by atoms with Crippen molar-refractivity contribution in [3.05, 3.63) is 0 Å². The van der Waals surface area contributed by atoms with Crippen LogP contribution in [0.1, 0.15) is 39.0 Å². The maximum absolute atomic E-state index is 5.74. The van der Waals surface area contributed by atoms with Crippen LogP contribution in [0.15, 0.2) is 0 Å². The van der Waals surface area contributed by atoms with Crippen molar-refractivity contribution in [2.45, 2.75) is 45.1 Å². The summed E-state index contributed by atoms with van der Waals surface area (Å²) in [5.74, 6) is 0. The highest BCUT2D eigenvalue weighted by molar-refractivity contribution is 5.85. The minimum absolute atomic E-state index is 0. The molecule has 80 valence electrons. The van der Waals surface area contributed by atoms with Crippen LogP contribution < -0.4 is 5.32 Å². The summed E-state index contributed by atoms with van der Waals surface area (Å²) >= 11 is 0. The van der Waals surface area contributed by atoms with E-state index in [9.17, 15) is 0 Å². The van der Waals surface area contributed by atoms with E-state index < -0.39 is 0 Å². The third-order valence-corrected chi connectivity index (χ3v) is 2.39. The zero-order valence-electron chi connectivity index (χ0n) is 8.55. The lowest BCUT2D eigenvalue weighted by Crippen LogP contribution is -2.32. The molecule has 1 heterocycles. The Morgan fingerprint density at radius 3 is 2.54 bits per heavy atom. The largest absolute Gasteiger partial charge is 0.378 e. The van der Waals surface area contributed by atoms with E-state index in [0.717, 1.165) is 19.7 Å². The second-order valence-corrected chi connectivity index (χ2v) is 3.53. The molecule has 1 rings (SSSR count). The Labute approximate surface area is 87.8 Å². The number of ether oxygens (including phenoxy) is 1. The van der Waals surface area contributed by atoms with E-state index in [1.807, 2.05) is 0 Å². The molecule has 1 fully saturated rings. The molecule has 1 aliphatic rings. The Morgan fingerprint density at radius 2 is 1.92 bits per heavy atom. The predicted octanol–water partition coefficient (Wildman–Crippen LogP) is 2.37. The van der Waals surface area contributed by atoms with Crippen LogP contribution in [0.5, 0.6) is 0 Å². The first-order chi connectivity index (χ1) is 5.93. The Bertz CT molecular complexity index is 105. The Morgan fingerprint density at radius 1 is 1.23 bits per heavy atom. The van der Waals surface area contributed by atoms with Gasteiger partial charge in [0.1, 0.15) is 0 Å². The van der Waals surface area contributed by atoms with Gasteiger partial charge in [0.2, 0.25) is 0 Å². The first-order valence-corrected chi connectivity index (χ1v) is 5.26. The Balaban J connectivity index is 0.00000144. The van der Waals surface area contributed by atoms with Crippen molar-refractivity contribution in [1.82, 2.24) is 5.32 Å². The van der Waals surface area contributed by atoms with Gasteiger partial charge in [-0.15, -0.1) is 12.4 Å². The van der Waals surface area contributed by atoms with Crippen molar-refractivity contribution in [2.24, 2.45) is 0 Å². The summed E-state index contributed by atoms with van der Waals surface area (Å²) in [6.45, 7) is 5.47. The van der Waals surface area contributed by atoms with E-state index in [1.165, 1.54) is 32.1 Å². The molecule has 0 aromatic rings. The van der Waals surface area contributed by atoms with Gasteiger partial charge in [0.25, 0.3) is 0 Å². The van der Waals surface area contributed by atoms with Crippen LogP contribution >= 0.6 is 12.4 Å². The summed E-state index contributed by atoms with van der Waals surface area (Å²) in [7, 11) is 0. The summed E-state index contributed by atoms with van der Waals surface area (Å²) in [6, 6.07) is 0. The van der Waals surface area contributed by atoms with Gasteiger partial charge in [0.15, 0.2) is 0 Å². The molecule has 0 spiro atoms. The highest BCUT2D eigenvalue weighted by Gasteiger charge is 2.12. The van der Waals surface area contributed by atoms with Gasteiger partial charge >= 0.3 is 0 Å². The van der Waals surface area contributed by atoms with E-state index >= 15 is 0 Å². The van der Waals surface area contributed by atoms with Crippen molar-refractivity contribution < 1.29 is 4.74 Å². The number of rotatable bonds is 5. The highest BCUT2D eigenvalue weighted by Crippen LogP contribution is 2.08. The quantitative estimate of drug-likeness (QED) is 0.699. The fraction of sp³-hybridized carbons (Fsp3) is 1.00. The minimum Gasteiger partial charge on any atom is -0.378 e. The number of unbranched alkanes of at least 4 members (excludes halogenated alkanes) is 2. The second kappa shape index (κ2) is 8.79. The fourth-order valence-electron chi connectivity index (χ4n) is 1.56. The molecule has 1 saturated heterocycles. The molecule has 0 aliphatic carbocycles. The molecule has 0 unspecified atom stereocenters. The smallest absolute Gasteiger partial charge is 0.0599 e. The number of halogens is 1. The van der Waals surface area contributed by atoms with E-state index in [1.54, 1.807) is 0 Å². The van der Waals surface area contributed by atoms with Crippen LogP contribution in [0.2, 0.25) is 0 Å². The number of nitrogens with one attached hydrogen (secondary N) is 1. The van der Waals surface area contributed by atoms with Gasteiger partial charge in [0, 0.05) is 6.61 Å². The van der Waals surface area contributed by atoms with Gasteiger partial charge in [-0.05, 0) is 32.4 Å². The second-order valence-electron chi connectivity index (χ2n) is 3.53. The molecule has 1 N–H and O–H groups in total. The lowest BCUT2D eigenvalue weighted by molar-refractivity contribution is 0.0309. The summed E-state index contributed by atoms with van der Waals surface area (Å²) in [5, 5.41) is 3.34. The molecule has 1 aliphatic heterocycles. The number of hydrogen-bond donors (Lipinski definition) is 1. The third-order valence-electron chi connectivity index (χ3n) is 2.39. The molecule has 0 saturated carbocycles. The van der Waals surface area contributed by atoms with Gasteiger partial charge in [-0.1, -0.05) is 19.8 Å². The summed E-state index contributed by atoms with van der Waals surface area (Å²) in [4.78, 5) is 0. The Kier molecular flexibility index (Phi) is 8.93. The molecular weight excluding hydrogens is 186 g/mol. The van der Waals surface area contributed by atoms with Crippen LogP contribution in [0, 0.1) is 0 Å². The van der Waals surface area contributed by atoms with Crippen molar-refractivity contribution in [1.29, 1.82) is 0 Å². The monoisotopic (exact) mass is 207 g/mol. The van der Waals surface area contributed by atoms with E-state index in [4.69, 9.17) is 4.74 Å². The van der Waals surface area contributed by atoms with Crippen LogP contribution in [0.4, 0.5) is 0 Å². The Hall–Kier alpha value is 0.210. The maximum atomic E-state index is 5.74. The predicted molar refractivity (Wildman–Crippen MR) is 58.6 cm³/mol. The standard InChI is InChI=1S/C10H21NO.ClH/c1-2-3-4-9-12-10-5-7-11-8-6-10;/h10-11H,2-9H2,1H3;1H. The molecular formula is C10H22ClNO. The van der Waals surface area contributed by atoms with Gasteiger partial charge < -0.3 is 10.1 Å². The molecule has 0 bridgehead atoms. The van der Waals surface area contributed by atoms with E-state index in [-0.39, 0.29) is 12.4 Å². The van der Waals surface area contributed by atoms with Gasteiger partial charge in [-0.2, -0.15) is 0 Å². The molecule has 2 nitrogen and oxygen atoms in total. The molecule has 0 aromatic carbocycles. The van der Waals surface area contributed by atoms with Crippen LogP contribution in [-0.2, 0) is 4.74 Å². The zero-order valence-corrected chi connectivity index (χ0v) is 9.37. The normalized spacial score (nSPS) is 18.2. The molecule has 0 radical (unpaired) electrons. The van der Waals surface area contributed by atoms with Gasteiger partial charge in [-0.25, -0.2) is 0 Å². The lowest BCUT2D eigenvalue weighted by Gasteiger charge is -2.22. The first-order valence-electron chi connectivity index (χ1n) is 5.26. The number of hydrogen-bond acceptors (Lipinski definition) is 2. The van der Waals surface area contributed by atoms with Crippen molar-refractivity contribution in [3.8, 4) is 0 Å². The average Bonchev–Trinajstić information content (AvgIpc) is 2.14. The molecule has 3 heteroatoms. The summed E-state index contributed by atoms with van der Waals surface area (Å²) in [5.41, 5.74) is 0. The van der Waals surface area contributed by atoms with Gasteiger partial charge in [-0.3, -0.25) is 0 Å². The van der Waals surface area contributed by atoms with Gasteiger partial charge in [0.05, 0.1) is 6.10 Å². The average molecular weight is 208 g/mol. The minimum atomic E-state index is 0. The van der Waals surface area contributed by atoms with E-state index in [0.29, 0.717) is 6.10 Å². The van der Waals surface area contributed by atoms with Crippen LogP contribution in [0.25, 0.3) is 0 Å². The third kappa shape index (κ3) is 6.30. The number of piperidine rings is 1. The molecule has 13 heavy (non-hydrogen) atoms. The zero-order chi connectivity index (χ0) is 8.65.